The molecule has 0 aliphatic rings. The molecule has 4 heteroatoms. The molecule has 0 amide bonds. The predicted molar refractivity (Wildman–Crippen MR) is 102 cm³/mol. The maximum Gasteiger partial charge on any atom is 0.331 e. The van der Waals surface area contributed by atoms with E-state index in [-0.39, 0.29) is 6.10 Å². The van der Waals surface area contributed by atoms with Crippen LogP contribution in [0.15, 0.2) is 24.8 Å². The fraction of sp³-hybridized carbons (Fsp3) is 0.714. The maximum atomic E-state index is 11.5. The van der Waals surface area contributed by atoms with Crippen LogP contribution in [0.4, 0.5) is 0 Å². The van der Waals surface area contributed by atoms with Crippen LogP contribution in [0.3, 0.4) is 0 Å². The molecule has 0 aromatic heterocycles. The van der Waals surface area contributed by atoms with Crippen molar-refractivity contribution in [2.45, 2.75) is 90.6 Å². The Labute approximate surface area is 153 Å². The van der Waals surface area contributed by atoms with E-state index in [1.54, 1.807) is 13.0 Å². The first-order valence-corrected chi connectivity index (χ1v) is 9.76. The minimum absolute atomic E-state index is 0.239. The maximum absolute atomic E-state index is 11.5. The first-order chi connectivity index (χ1) is 12.1. The minimum Gasteiger partial charge on any atom is -0.463 e. The Kier molecular flexibility index (Phi) is 16.2. The van der Waals surface area contributed by atoms with Crippen LogP contribution in [-0.4, -0.2) is 24.6 Å². The number of hydrogen-bond acceptors (Lipinski definition) is 4. The predicted octanol–water partition coefficient (Wildman–Crippen LogP) is 5.51. The molecule has 0 saturated carbocycles. The number of esters is 2. The lowest BCUT2D eigenvalue weighted by molar-refractivity contribution is -0.143. The highest BCUT2D eigenvalue weighted by atomic mass is 16.5. The van der Waals surface area contributed by atoms with Crippen molar-refractivity contribution >= 4 is 11.9 Å². The zero-order valence-corrected chi connectivity index (χ0v) is 16.1. The molecule has 0 rings (SSSR count). The third-order valence-corrected chi connectivity index (χ3v) is 3.91. The summed E-state index contributed by atoms with van der Waals surface area (Å²) in [7, 11) is 0. The van der Waals surface area contributed by atoms with Crippen molar-refractivity contribution in [1.29, 1.82) is 0 Å². The average Bonchev–Trinajstić information content (AvgIpc) is 2.58. The largest absolute Gasteiger partial charge is 0.463 e. The Bertz CT molecular complexity index is 387. The van der Waals surface area contributed by atoms with Crippen LogP contribution in [-0.2, 0) is 19.1 Å². The SMILES string of the molecule is C=CCC(C)OC(=O)/C=C/C(=O)OCCCCCCCCCCCC. The highest BCUT2D eigenvalue weighted by Gasteiger charge is 2.05. The molecule has 0 N–H and O–H groups in total. The van der Waals surface area contributed by atoms with Crippen molar-refractivity contribution < 1.29 is 19.1 Å². The lowest BCUT2D eigenvalue weighted by Gasteiger charge is -2.08. The van der Waals surface area contributed by atoms with E-state index in [1.807, 2.05) is 0 Å². The second-order valence-electron chi connectivity index (χ2n) is 6.45. The summed E-state index contributed by atoms with van der Waals surface area (Å²) in [4.78, 5) is 22.9. The van der Waals surface area contributed by atoms with Gasteiger partial charge in [0, 0.05) is 18.6 Å². The average molecular weight is 353 g/mol. The molecule has 0 heterocycles. The smallest absolute Gasteiger partial charge is 0.331 e. The van der Waals surface area contributed by atoms with Gasteiger partial charge in [-0.15, -0.1) is 6.58 Å². The fourth-order valence-corrected chi connectivity index (χ4v) is 2.47. The zero-order chi connectivity index (χ0) is 18.8. The third kappa shape index (κ3) is 17.0. The molecular weight excluding hydrogens is 316 g/mol. The van der Waals surface area contributed by atoms with Crippen LogP contribution in [0.1, 0.15) is 84.5 Å². The summed E-state index contributed by atoms with van der Waals surface area (Å²) in [6.07, 6.45) is 16.7. The van der Waals surface area contributed by atoms with Gasteiger partial charge in [0.2, 0.25) is 0 Å². The number of rotatable bonds is 16. The van der Waals surface area contributed by atoms with Gasteiger partial charge in [-0.05, 0) is 13.3 Å². The molecule has 0 aromatic carbocycles. The summed E-state index contributed by atoms with van der Waals surface area (Å²) in [5.41, 5.74) is 0. The van der Waals surface area contributed by atoms with Crippen molar-refractivity contribution in [1.82, 2.24) is 0 Å². The molecule has 0 aliphatic carbocycles. The molecule has 0 bridgehead atoms. The standard InChI is InChI=1S/C21H36O4/c1-4-6-7-8-9-10-11-12-13-14-18-24-20(22)16-17-21(23)25-19(3)15-5-2/h5,16-17,19H,2,4,6-15,18H2,1,3H3/b17-16+. The van der Waals surface area contributed by atoms with Crippen LogP contribution in [0, 0.1) is 0 Å². The fourth-order valence-electron chi connectivity index (χ4n) is 2.47. The molecule has 25 heavy (non-hydrogen) atoms. The van der Waals surface area contributed by atoms with Crippen LogP contribution in [0.25, 0.3) is 0 Å². The summed E-state index contributed by atoms with van der Waals surface area (Å²) in [6, 6.07) is 0. The van der Waals surface area contributed by atoms with E-state index in [2.05, 4.69) is 13.5 Å². The highest BCUT2D eigenvalue weighted by Crippen LogP contribution is 2.10. The van der Waals surface area contributed by atoms with Crippen LogP contribution in [0.2, 0.25) is 0 Å². The van der Waals surface area contributed by atoms with Gasteiger partial charge in [-0.2, -0.15) is 0 Å². The Morgan fingerprint density at radius 2 is 1.40 bits per heavy atom. The number of carbonyl (C=O) groups is 2. The summed E-state index contributed by atoms with van der Waals surface area (Å²) in [6.45, 7) is 7.99. The van der Waals surface area contributed by atoms with Crippen LogP contribution >= 0.6 is 0 Å². The van der Waals surface area contributed by atoms with Gasteiger partial charge in [-0.3, -0.25) is 0 Å². The van der Waals surface area contributed by atoms with E-state index >= 15 is 0 Å². The number of carbonyl (C=O) groups excluding carboxylic acids is 2. The molecule has 1 unspecified atom stereocenters. The second kappa shape index (κ2) is 17.2. The van der Waals surface area contributed by atoms with Gasteiger partial charge in [0.05, 0.1) is 6.61 Å². The van der Waals surface area contributed by atoms with Crippen molar-refractivity contribution in [2.24, 2.45) is 0 Å². The first-order valence-electron chi connectivity index (χ1n) is 9.76. The first kappa shape index (κ1) is 23.4. The van der Waals surface area contributed by atoms with Crippen LogP contribution in [0.5, 0.6) is 0 Å². The summed E-state index contributed by atoms with van der Waals surface area (Å²) in [5, 5.41) is 0. The van der Waals surface area contributed by atoms with Gasteiger partial charge in [0.1, 0.15) is 6.10 Å². The van der Waals surface area contributed by atoms with E-state index in [0.717, 1.165) is 25.0 Å². The van der Waals surface area contributed by atoms with E-state index in [4.69, 9.17) is 9.47 Å². The second-order valence-corrected chi connectivity index (χ2v) is 6.45. The number of ether oxygens (including phenoxy) is 2. The zero-order valence-electron chi connectivity index (χ0n) is 16.1. The van der Waals surface area contributed by atoms with Gasteiger partial charge < -0.3 is 9.47 Å². The van der Waals surface area contributed by atoms with Gasteiger partial charge in [-0.25, -0.2) is 9.59 Å². The molecule has 0 aliphatic heterocycles. The molecule has 0 fully saturated rings. The summed E-state index contributed by atoms with van der Waals surface area (Å²) < 4.78 is 10.1. The Morgan fingerprint density at radius 1 is 0.880 bits per heavy atom. The molecule has 0 aromatic rings. The molecule has 1 atom stereocenters. The molecule has 144 valence electrons. The molecule has 4 nitrogen and oxygen atoms in total. The topological polar surface area (TPSA) is 52.6 Å². The normalized spacial score (nSPS) is 12.1. The van der Waals surface area contributed by atoms with Crippen molar-refractivity contribution in [2.75, 3.05) is 6.61 Å². The molecule has 0 radical (unpaired) electrons. The van der Waals surface area contributed by atoms with Crippen molar-refractivity contribution in [3.8, 4) is 0 Å². The quantitative estimate of drug-likeness (QED) is 0.159. The van der Waals surface area contributed by atoms with E-state index < -0.39 is 11.9 Å². The van der Waals surface area contributed by atoms with Gasteiger partial charge in [-0.1, -0.05) is 70.8 Å². The monoisotopic (exact) mass is 352 g/mol. The molecule has 0 saturated heterocycles. The van der Waals surface area contributed by atoms with E-state index in [0.29, 0.717) is 13.0 Å². The Morgan fingerprint density at radius 3 is 1.96 bits per heavy atom. The third-order valence-electron chi connectivity index (χ3n) is 3.91. The number of unbranched alkanes of at least 4 members (excludes halogenated alkanes) is 9. The van der Waals surface area contributed by atoms with Crippen molar-refractivity contribution in [3.63, 3.8) is 0 Å². The van der Waals surface area contributed by atoms with Gasteiger partial charge >= 0.3 is 11.9 Å². The van der Waals surface area contributed by atoms with E-state index in [1.165, 1.54) is 51.4 Å². The van der Waals surface area contributed by atoms with Crippen LogP contribution < -0.4 is 0 Å². The van der Waals surface area contributed by atoms with Crippen molar-refractivity contribution in [3.05, 3.63) is 24.8 Å². The molecule has 0 spiro atoms. The Balaban J connectivity index is 3.50. The highest BCUT2D eigenvalue weighted by molar-refractivity contribution is 5.91. The minimum atomic E-state index is -0.537. The Hall–Kier alpha value is -1.58. The van der Waals surface area contributed by atoms with Gasteiger partial charge in [0.25, 0.3) is 0 Å². The summed E-state index contributed by atoms with van der Waals surface area (Å²) in [5.74, 6) is -1.03. The molecular formula is C21H36O4. The number of hydrogen-bond donors (Lipinski definition) is 0. The lowest BCUT2D eigenvalue weighted by Crippen LogP contribution is -2.12. The lowest BCUT2D eigenvalue weighted by atomic mass is 10.1. The van der Waals surface area contributed by atoms with E-state index in [9.17, 15) is 9.59 Å². The summed E-state index contributed by atoms with van der Waals surface area (Å²) >= 11 is 0. The van der Waals surface area contributed by atoms with Gasteiger partial charge in [0.15, 0.2) is 0 Å².